The Bertz CT molecular complexity index is 407. The third-order valence-corrected chi connectivity index (χ3v) is 5.64. The summed E-state index contributed by atoms with van der Waals surface area (Å²) in [5, 5.41) is 2.05. The molecule has 0 atom stereocenters. The molecule has 0 spiro atoms. The lowest BCUT2D eigenvalue weighted by molar-refractivity contribution is -0.115. The molecule has 1 saturated heterocycles. The summed E-state index contributed by atoms with van der Waals surface area (Å²) in [5.41, 5.74) is 0. The average Bonchev–Trinajstić information content (AvgIpc) is 2.92. The second-order valence-corrected chi connectivity index (χ2v) is 8.17. The molecule has 1 aliphatic rings. The summed E-state index contributed by atoms with van der Waals surface area (Å²) < 4.78 is 0. The second-order valence-electron chi connectivity index (χ2n) is 7.15. The normalized spacial score (nSPS) is 16.0. The first kappa shape index (κ1) is 22.3. The van der Waals surface area contributed by atoms with Gasteiger partial charge in [0.25, 0.3) is 11.1 Å². The summed E-state index contributed by atoms with van der Waals surface area (Å²) in [5.74, 6) is -0.226. The smallest absolute Gasteiger partial charge is 0.282 e. The zero-order chi connectivity index (χ0) is 18.2. The SMILES string of the molecule is CCCCCCCCCCCCCCCCC/C=C1\SC(=O)NC1=O. The minimum absolute atomic E-state index is 0.226. The Morgan fingerprint density at radius 2 is 1.16 bits per heavy atom. The van der Waals surface area contributed by atoms with E-state index < -0.39 is 0 Å². The van der Waals surface area contributed by atoms with E-state index in [2.05, 4.69) is 12.2 Å². The standard InChI is InChI=1S/C21H37NO2S/c1-2-3-4-5-6-7-8-9-10-11-12-13-14-15-16-17-18-19-20(23)22-21(24)25-19/h18H,2-17H2,1H3,(H,22,23,24)/b19-18-. The first-order valence-corrected chi connectivity index (χ1v) is 11.3. The van der Waals surface area contributed by atoms with Crippen molar-refractivity contribution in [3.63, 3.8) is 0 Å². The molecule has 1 fully saturated rings. The molecule has 0 bridgehead atoms. The van der Waals surface area contributed by atoms with Crippen molar-refractivity contribution >= 4 is 22.9 Å². The molecule has 1 aliphatic heterocycles. The fourth-order valence-electron chi connectivity index (χ4n) is 3.21. The lowest BCUT2D eigenvalue weighted by Crippen LogP contribution is -2.17. The van der Waals surface area contributed by atoms with Crippen molar-refractivity contribution in [3.05, 3.63) is 11.0 Å². The monoisotopic (exact) mass is 367 g/mol. The molecule has 0 aliphatic carbocycles. The third kappa shape index (κ3) is 12.3. The molecular formula is C21H37NO2S. The van der Waals surface area contributed by atoms with Gasteiger partial charge in [-0.2, -0.15) is 0 Å². The summed E-state index contributed by atoms with van der Waals surface area (Å²) in [6.07, 6.45) is 23.3. The number of hydrogen-bond acceptors (Lipinski definition) is 3. The Labute approximate surface area is 158 Å². The van der Waals surface area contributed by atoms with E-state index in [9.17, 15) is 9.59 Å². The molecule has 0 radical (unpaired) electrons. The van der Waals surface area contributed by atoms with Crippen molar-refractivity contribution in [1.82, 2.24) is 5.32 Å². The van der Waals surface area contributed by atoms with E-state index >= 15 is 0 Å². The van der Waals surface area contributed by atoms with Gasteiger partial charge in [-0.25, -0.2) is 0 Å². The van der Waals surface area contributed by atoms with Crippen molar-refractivity contribution in [3.8, 4) is 0 Å². The van der Waals surface area contributed by atoms with Crippen LogP contribution in [-0.2, 0) is 4.79 Å². The van der Waals surface area contributed by atoms with E-state index in [1.807, 2.05) is 6.08 Å². The highest BCUT2D eigenvalue weighted by Gasteiger charge is 2.24. The zero-order valence-electron chi connectivity index (χ0n) is 16.1. The number of unbranched alkanes of at least 4 members (excludes halogenated alkanes) is 15. The highest BCUT2D eigenvalue weighted by Crippen LogP contribution is 2.24. The van der Waals surface area contributed by atoms with E-state index in [0.29, 0.717) is 4.91 Å². The van der Waals surface area contributed by atoms with Crippen LogP contribution in [0.1, 0.15) is 110 Å². The summed E-state index contributed by atoms with van der Waals surface area (Å²) in [6.45, 7) is 2.27. The highest BCUT2D eigenvalue weighted by molar-refractivity contribution is 8.18. The lowest BCUT2D eigenvalue weighted by Gasteiger charge is -2.03. The van der Waals surface area contributed by atoms with Gasteiger partial charge in [0.05, 0.1) is 4.91 Å². The number of rotatable bonds is 16. The van der Waals surface area contributed by atoms with Crippen LogP contribution in [0.3, 0.4) is 0 Å². The van der Waals surface area contributed by atoms with Crippen LogP contribution in [0.4, 0.5) is 4.79 Å². The molecule has 1 heterocycles. The number of carbonyl (C=O) groups excluding carboxylic acids is 2. The van der Waals surface area contributed by atoms with Crippen LogP contribution >= 0.6 is 11.8 Å². The van der Waals surface area contributed by atoms with Gasteiger partial charge in [0.2, 0.25) is 0 Å². The van der Waals surface area contributed by atoms with Crippen LogP contribution < -0.4 is 5.32 Å². The number of hydrogen-bond donors (Lipinski definition) is 1. The average molecular weight is 368 g/mol. The van der Waals surface area contributed by atoms with Gasteiger partial charge in [-0.3, -0.25) is 14.9 Å². The minimum atomic E-state index is -0.243. The molecule has 144 valence electrons. The summed E-state index contributed by atoms with van der Waals surface area (Å²) in [6, 6.07) is 0. The Balaban J connectivity index is 1.77. The van der Waals surface area contributed by atoms with Crippen LogP contribution in [0, 0.1) is 0 Å². The topological polar surface area (TPSA) is 46.2 Å². The second kappa shape index (κ2) is 15.5. The van der Waals surface area contributed by atoms with Crippen molar-refractivity contribution in [2.24, 2.45) is 0 Å². The molecule has 0 aromatic rings. The summed E-state index contributed by atoms with van der Waals surface area (Å²) in [7, 11) is 0. The molecule has 2 amide bonds. The number of carbonyl (C=O) groups is 2. The summed E-state index contributed by atoms with van der Waals surface area (Å²) >= 11 is 1.02. The maximum Gasteiger partial charge on any atom is 0.290 e. The number of imide groups is 1. The maximum atomic E-state index is 11.4. The van der Waals surface area contributed by atoms with Gasteiger partial charge in [-0.05, 0) is 24.6 Å². The summed E-state index contributed by atoms with van der Waals surface area (Å²) in [4.78, 5) is 23.0. The van der Waals surface area contributed by atoms with E-state index in [-0.39, 0.29) is 11.1 Å². The molecule has 4 heteroatoms. The van der Waals surface area contributed by atoms with Crippen LogP contribution in [0.25, 0.3) is 0 Å². The van der Waals surface area contributed by atoms with Gasteiger partial charge in [0.15, 0.2) is 0 Å². The lowest BCUT2D eigenvalue weighted by atomic mass is 10.0. The van der Waals surface area contributed by atoms with Crippen LogP contribution in [0.15, 0.2) is 11.0 Å². The van der Waals surface area contributed by atoms with Gasteiger partial charge >= 0.3 is 0 Å². The van der Waals surface area contributed by atoms with Gasteiger partial charge in [-0.15, -0.1) is 0 Å². The molecule has 0 unspecified atom stereocenters. The predicted molar refractivity (Wildman–Crippen MR) is 109 cm³/mol. The first-order chi connectivity index (χ1) is 12.2. The van der Waals surface area contributed by atoms with E-state index in [4.69, 9.17) is 0 Å². The van der Waals surface area contributed by atoms with E-state index in [0.717, 1.165) is 24.6 Å². The van der Waals surface area contributed by atoms with Crippen molar-refractivity contribution in [2.75, 3.05) is 0 Å². The molecule has 0 aromatic heterocycles. The Morgan fingerprint density at radius 1 is 0.720 bits per heavy atom. The fourth-order valence-corrected chi connectivity index (χ4v) is 3.90. The van der Waals surface area contributed by atoms with Gasteiger partial charge in [0.1, 0.15) is 0 Å². The Morgan fingerprint density at radius 3 is 1.56 bits per heavy atom. The van der Waals surface area contributed by atoms with Crippen molar-refractivity contribution in [1.29, 1.82) is 0 Å². The number of nitrogens with one attached hydrogen (secondary N) is 1. The number of amides is 2. The zero-order valence-corrected chi connectivity index (χ0v) is 16.9. The molecule has 1 N–H and O–H groups in total. The third-order valence-electron chi connectivity index (χ3n) is 4.78. The van der Waals surface area contributed by atoms with Gasteiger partial charge < -0.3 is 0 Å². The molecule has 0 aromatic carbocycles. The quantitative estimate of drug-likeness (QED) is 0.233. The molecule has 1 rings (SSSR count). The molecule has 0 saturated carbocycles. The van der Waals surface area contributed by atoms with Gasteiger partial charge in [0, 0.05) is 0 Å². The van der Waals surface area contributed by atoms with Crippen molar-refractivity contribution < 1.29 is 9.59 Å². The Hall–Kier alpha value is -0.770. The minimum Gasteiger partial charge on any atom is -0.282 e. The Kier molecular flexibility index (Phi) is 13.8. The van der Waals surface area contributed by atoms with Gasteiger partial charge in [-0.1, -0.05) is 103 Å². The largest absolute Gasteiger partial charge is 0.290 e. The molecular weight excluding hydrogens is 330 g/mol. The maximum absolute atomic E-state index is 11.4. The van der Waals surface area contributed by atoms with Crippen LogP contribution in [0.2, 0.25) is 0 Å². The van der Waals surface area contributed by atoms with Crippen LogP contribution in [-0.4, -0.2) is 11.1 Å². The van der Waals surface area contributed by atoms with Crippen molar-refractivity contribution in [2.45, 2.75) is 110 Å². The number of thioether (sulfide) groups is 1. The first-order valence-electron chi connectivity index (χ1n) is 10.5. The highest BCUT2D eigenvalue weighted by atomic mass is 32.2. The fraction of sp³-hybridized carbons (Fsp3) is 0.810. The predicted octanol–water partition coefficient (Wildman–Crippen LogP) is 7.11. The number of allylic oxidation sites excluding steroid dienone is 1. The van der Waals surface area contributed by atoms with E-state index in [1.165, 1.54) is 89.9 Å². The molecule has 25 heavy (non-hydrogen) atoms. The molecule has 3 nitrogen and oxygen atoms in total. The van der Waals surface area contributed by atoms with E-state index in [1.54, 1.807) is 0 Å². The van der Waals surface area contributed by atoms with Crippen LogP contribution in [0.5, 0.6) is 0 Å².